The number of amides is 3. The van der Waals surface area contributed by atoms with Gasteiger partial charge in [-0.3, -0.25) is 19.5 Å². The summed E-state index contributed by atoms with van der Waals surface area (Å²) in [5, 5.41) is 10.6. The Labute approximate surface area is 232 Å². The molecule has 0 aromatic heterocycles. The highest BCUT2D eigenvalue weighted by molar-refractivity contribution is 8.11. The molecule has 0 fully saturated rings. The van der Waals surface area contributed by atoms with Crippen LogP contribution in [0.25, 0.3) is 0 Å². The van der Waals surface area contributed by atoms with Crippen molar-refractivity contribution in [3.8, 4) is 0 Å². The summed E-state index contributed by atoms with van der Waals surface area (Å²) < 4.78 is 0. The van der Waals surface area contributed by atoms with Crippen LogP contribution in [-0.4, -0.2) is 29.0 Å². The minimum atomic E-state index is -0.997. The number of nitrogens with zero attached hydrogens (tertiary/aromatic N) is 1. The van der Waals surface area contributed by atoms with E-state index in [9.17, 15) is 14.4 Å². The van der Waals surface area contributed by atoms with Crippen LogP contribution in [0.15, 0.2) is 115 Å². The first-order valence-corrected chi connectivity index (χ1v) is 13.3. The summed E-state index contributed by atoms with van der Waals surface area (Å²) in [6, 6.07) is 34.4. The fourth-order valence-corrected chi connectivity index (χ4v) is 4.58. The molecule has 0 radical (unpaired) electrons. The summed E-state index contributed by atoms with van der Waals surface area (Å²) in [5.41, 5.74) is 3.59. The van der Waals surface area contributed by atoms with Gasteiger partial charge in [0.05, 0.1) is 5.92 Å². The Morgan fingerprint density at radius 3 is 1.87 bits per heavy atom. The van der Waals surface area contributed by atoms with Gasteiger partial charge < -0.3 is 15.5 Å². The molecule has 4 N–H and O–H groups in total. The molecule has 0 aliphatic carbocycles. The molecule has 4 aromatic carbocycles. The van der Waals surface area contributed by atoms with Gasteiger partial charge in [0.15, 0.2) is 0 Å². The van der Waals surface area contributed by atoms with Gasteiger partial charge in [-0.25, -0.2) is 0 Å². The second-order valence-corrected chi connectivity index (χ2v) is 9.64. The van der Waals surface area contributed by atoms with Gasteiger partial charge in [0, 0.05) is 31.2 Å². The van der Waals surface area contributed by atoms with Crippen LogP contribution in [0.5, 0.6) is 0 Å². The molecule has 1 atom stereocenters. The van der Waals surface area contributed by atoms with E-state index in [0.717, 1.165) is 16.7 Å². The number of nitrogens with one attached hydrogen (secondary N) is 2. The minimum Gasteiger partial charge on any atom is -0.340 e. The van der Waals surface area contributed by atoms with Crippen LogP contribution in [0.2, 0.25) is 0 Å². The Morgan fingerprint density at radius 1 is 0.769 bits per heavy atom. The first-order chi connectivity index (χ1) is 19.0. The third-order valence-electron chi connectivity index (χ3n) is 6.27. The molecule has 4 rings (SSSR count). The molecule has 8 heteroatoms. The SMILES string of the molecule is CN(Cc1ccccc1)C(=O)[C@H](NC(=O)C(c1ccccc1)c1ccccc1)c1cccc(NC(=O)SN)c1. The van der Waals surface area contributed by atoms with Gasteiger partial charge in [0.2, 0.25) is 11.8 Å². The molecule has 198 valence electrons. The molecule has 7 nitrogen and oxygen atoms in total. The number of hydrogen-bond donors (Lipinski definition) is 3. The van der Waals surface area contributed by atoms with Gasteiger partial charge in [-0.15, -0.1) is 0 Å². The number of hydrogen-bond acceptors (Lipinski definition) is 5. The van der Waals surface area contributed by atoms with Crippen LogP contribution in [0.3, 0.4) is 0 Å². The van der Waals surface area contributed by atoms with Crippen LogP contribution < -0.4 is 15.8 Å². The zero-order valence-electron chi connectivity index (χ0n) is 21.5. The third kappa shape index (κ3) is 7.34. The molecule has 0 saturated carbocycles. The maximum absolute atomic E-state index is 14.0. The van der Waals surface area contributed by atoms with Crippen molar-refractivity contribution in [3.05, 3.63) is 138 Å². The summed E-state index contributed by atoms with van der Waals surface area (Å²) in [7, 11) is 1.71. The van der Waals surface area contributed by atoms with E-state index >= 15 is 0 Å². The molecule has 0 aliphatic heterocycles. The summed E-state index contributed by atoms with van der Waals surface area (Å²) in [5.74, 6) is -1.23. The Balaban J connectivity index is 1.69. The van der Waals surface area contributed by atoms with Crippen molar-refractivity contribution in [3.63, 3.8) is 0 Å². The Bertz CT molecular complexity index is 1360. The Hall–Kier alpha value is -4.40. The zero-order valence-corrected chi connectivity index (χ0v) is 22.3. The van der Waals surface area contributed by atoms with Crippen LogP contribution in [0.4, 0.5) is 10.5 Å². The third-order valence-corrected chi connectivity index (χ3v) is 6.59. The number of benzene rings is 4. The standard InChI is InChI=1S/C31H30N4O3S/c1-35(21-22-12-5-2-6-13-22)30(37)28(25-18-11-19-26(20-25)33-31(38)39-32)34-29(36)27(23-14-7-3-8-15-23)24-16-9-4-10-17-24/h2-20,27-28H,21,32H2,1H3,(H,33,38)(H,34,36)/t28-/m1/s1. The van der Waals surface area contributed by atoms with Crippen molar-refractivity contribution in [2.75, 3.05) is 12.4 Å². The van der Waals surface area contributed by atoms with Crippen molar-refractivity contribution in [1.82, 2.24) is 10.2 Å². The van der Waals surface area contributed by atoms with E-state index in [1.165, 1.54) is 0 Å². The second kappa shape index (κ2) is 13.4. The van der Waals surface area contributed by atoms with Gasteiger partial charge >= 0.3 is 0 Å². The highest BCUT2D eigenvalue weighted by Crippen LogP contribution is 2.28. The highest BCUT2D eigenvalue weighted by atomic mass is 32.2. The topological polar surface area (TPSA) is 105 Å². The number of carbonyl (C=O) groups is 3. The molecule has 39 heavy (non-hydrogen) atoms. The number of anilines is 1. The van der Waals surface area contributed by atoms with Gasteiger partial charge in [0.25, 0.3) is 5.24 Å². The van der Waals surface area contributed by atoms with E-state index in [-0.39, 0.29) is 11.8 Å². The highest BCUT2D eigenvalue weighted by Gasteiger charge is 2.30. The average Bonchev–Trinajstić information content (AvgIpc) is 2.97. The van der Waals surface area contributed by atoms with Crippen molar-refractivity contribution in [2.24, 2.45) is 5.14 Å². The molecule has 0 unspecified atom stereocenters. The molecular weight excluding hydrogens is 508 g/mol. The van der Waals surface area contributed by atoms with E-state index in [4.69, 9.17) is 5.14 Å². The molecule has 4 aromatic rings. The van der Waals surface area contributed by atoms with Crippen LogP contribution in [0.1, 0.15) is 34.2 Å². The first kappa shape index (κ1) is 27.6. The number of likely N-dealkylation sites (N-methyl/N-ethyl adjacent to an activating group) is 1. The Morgan fingerprint density at radius 2 is 1.31 bits per heavy atom. The monoisotopic (exact) mass is 538 g/mol. The predicted molar refractivity (Wildman–Crippen MR) is 156 cm³/mol. The maximum atomic E-state index is 14.0. The van der Waals surface area contributed by atoms with E-state index in [0.29, 0.717) is 29.7 Å². The molecule has 0 bridgehead atoms. The molecule has 0 saturated heterocycles. The van der Waals surface area contributed by atoms with E-state index in [1.54, 1.807) is 36.2 Å². The largest absolute Gasteiger partial charge is 0.340 e. The van der Waals surface area contributed by atoms with Gasteiger partial charge in [-0.05, 0) is 34.4 Å². The van der Waals surface area contributed by atoms with Crippen LogP contribution in [-0.2, 0) is 16.1 Å². The molecule has 0 heterocycles. The zero-order chi connectivity index (χ0) is 27.6. The van der Waals surface area contributed by atoms with Crippen molar-refractivity contribution < 1.29 is 14.4 Å². The summed E-state index contributed by atoms with van der Waals surface area (Å²) in [6.45, 7) is 0.368. The van der Waals surface area contributed by atoms with Gasteiger partial charge in [-0.2, -0.15) is 0 Å². The van der Waals surface area contributed by atoms with E-state index in [2.05, 4.69) is 10.6 Å². The number of nitrogens with two attached hydrogens (primary N) is 1. The maximum Gasteiger partial charge on any atom is 0.298 e. The predicted octanol–water partition coefficient (Wildman–Crippen LogP) is 5.47. The quantitative estimate of drug-likeness (QED) is 0.245. The summed E-state index contributed by atoms with van der Waals surface area (Å²) in [4.78, 5) is 41.3. The number of carbonyl (C=O) groups excluding carboxylic acids is 3. The fraction of sp³-hybridized carbons (Fsp3) is 0.129. The molecule has 0 spiro atoms. The molecule has 0 aliphatic rings. The lowest BCUT2D eigenvalue weighted by atomic mass is 9.90. The van der Waals surface area contributed by atoms with Crippen LogP contribution in [0, 0.1) is 0 Å². The van der Waals surface area contributed by atoms with Crippen molar-refractivity contribution in [1.29, 1.82) is 0 Å². The average molecular weight is 539 g/mol. The normalized spacial score (nSPS) is 11.5. The van der Waals surface area contributed by atoms with E-state index in [1.807, 2.05) is 91.0 Å². The number of rotatable bonds is 9. The molecular formula is C31H30N4O3S. The van der Waals surface area contributed by atoms with Gasteiger partial charge in [0.1, 0.15) is 6.04 Å². The molecule has 3 amide bonds. The van der Waals surface area contributed by atoms with Crippen LogP contribution >= 0.6 is 11.9 Å². The smallest absolute Gasteiger partial charge is 0.298 e. The second-order valence-electron chi connectivity index (χ2n) is 9.03. The Kier molecular flexibility index (Phi) is 9.50. The summed E-state index contributed by atoms with van der Waals surface area (Å²) >= 11 is 0.561. The summed E-state index contributed by atoms with van der Waals surface area (Å²) in [6.07, 6.45) is 0. The lowest BCUT2D eigenvalue weighted by Crippen LogP contribution is -2.43. The lowest BCUT2D eigenvalue weighted by Gasteiger charge is -2.27. The first-order valence-electron chi connectivity index (χ1n) is 12.4. The fourth-order valence-electron chi connectivity index (χ4n) is 4.40. The van der Waals surface area contributed by atoms with E-state index < -0.39 is 17.2 Å². The van der Waals surface area contributed by atoms with Crippen molar-refractivity contribution >= 4 is 34.7 Å². The lowest BCUT2D eigenvalue weighted by molar-refractivity contribution is -0.136. The van der Waals surface area contributed by atoms with Gasteiger partial charge in [-0.1, -0.05) is 103 Å². The van der Waals surface area contributed by atoms with Crippen molar-refractivity contribution in [2.45, 2.75) is 18.5 Å². The minimum absolute atomic E-state index is 0.288.